The Kier molecular flexibility index (Phi) is 7.04. The second-order valence-corrected chi connectivity index (χ2v) is 8.53. The zero-order chi connectivity index (χ0) is 23.2. The van der Waals surface area contributed by atoms with Gasteiger partial charge in [-0.3, -0.25) is 14.5 Å². The van der Waals surface area contributed by atoms with Gasteiger partial charge in [-0.2, -0.15) is 0 Å². The normalized spacial score (nSPS) is 17.2. The average molecular weight is 464 g/mol. The Labute approximate surface area is 195 Å². The number of methoxy groups -OCH3 is 1. The van der Waals surface area contributed by atoms with Crippen molar-refractivity contribution < 1.29 is 18.7 Å². The van der Waals surface area contributed by atoms with Crippen LogP contribution in [-0.2, 0) is 16.1 Å². The summed E-state index contributed by atoms with van der Waals surface area (Å²) in [5, 5.41) is 2.60. The van der Waals surface area contributed by atoms with E-state index >= 15 is 0 Å². The van der Waals surface area contributed by atoms with Gasteiger partial charge in [-0.1, -0.05) is 42.1 Å². The van der Waals surface area contributed by atoms with Crippen LogP contribution in [0.2, 0.25) is 0 Å². The monoisotopic (exact) mass is 463 g/mol. The molecule has 0 aliphatic carbocycles. The molecule has 1 atom stereocenters. The number of benzene rings is 3. The number of anilines is 1. The second-order valence-electron chi connectivity index (χ2n) is 7.36. The van der Waals surface area contributed by atoms with Crippen molar-refractivity contribution in [1.29, 1.82) is 0 Å². The maximum Gasteiger partial charge on any atom is 0.238 e. The Morgan fingerprint density at radius 3 is 2.45 bits per heavy atom. The van der Waals surface area contributed by atoms with Gasteiger partial charge in [0.1, 0.15) is 16.8 Å². The van der Waals surface area contributed by atoms with Crippen LogP contribution in [0.25, 0.3) is 0 Å². The molecule has 6 nitrogen and oxygen atoms in total. The molecule has 1 aliphatic rings. The van der Waals surface area contributed by atoms with Crippen LogP contribution in [0.1, 0.15) is 12.0 Å². The first-order valence-corrected chi connectivity index (χ1v) is 11.2. The van der Waals surface area contributed by atoms with Gasteiger partial charge < -0.3 is 10.1 Å². The average Bonchev–Trinajstić information content (AvgIpc) is 2.83. The summed E-state index contributed by atoms with van der Waals surface area (Å²) < 4.78 is 18.5. The Hall–Kier alpha value is -3.65. The minimum Gasteiger partial charge on any atom is -0.497 e. The molecule has 0 radical (unpaired) electrons. The van der Waals surface area contributed by atoms with Crippen LogP contribution in [0.15, 0.2) is 83.9 Å². The van der Waals surface area contributed by atoms with Crippen molar-refractivity contribution in [3.05, 3.63) is 90.2 Å². The molecule has 0 unspecified atom stereocenters. The Bertz CT molecular complexity index is 1150. The summed E-state index contributed by atoms with van der Waals surface area (Å²) in [5.74, 6) is -0.178. The van der Waals surface area contributed by atoms with E-state index in [9.17, 15) is 14.0 Å². The SMILES string of the molecule is COc1ccc(NC(=O)[C@H]2CC(=O)N(Cc3ccccc3)C(=Nc3ccc(F)cc3)S2)cc1. The minimum atomic E-state index is -0.647. The lowest BCUT2D eigenvalue weighted by molar-refractivity contribution is -0.129. The van der Waals surface area contributed by atoms with Crippen LogP contribution in [0.3, 0.4) is 0 Å². The van der Waals surface area contributed by atoms with Crippen LogP contribution in [0.4, 0.5) is 15.8 Å². The summed E-state index contributed by atoms with van der Waals surface area (Å²) in [6, 6.07) is 22.2. The van der Waals surface area contributed by atoms with Crippen LogP contribution in [0, 0.1) is 5.82 Å². The number of hydrogen-bond acceptors (Lipinski definition) is 5. The third-order valence-electron chi connectivity index (χ3n) is 5.02. The second kappa shape index (κ2) is 10.3. The van der Waals surface area contributed by atoms with Crippen molar-refractivity contribution in [1.82, 2.24) is 4.90 Å². The molecule has 1 aliphatic heterocycles. The largest absolute Gasteiger partial charge is 0.497 e. The summed E-state index contributed by atoms with van der Waals surface area (Å²) in [6.07, 6.45) is 0.0436. The van der Waals surface area contributed by atoms with Gasteiger partial charge in [-0.15, -0.1) is 0 Å². The molecule has 4 rings (SSSR count). The molecule has 8 heteroatoms. The van der Waals surface area contributed by atoms with E-state index in [-0.39, 0.29) is 24.1 Å². The molecule has 0 spiro atoms. The third kappa shape index (κ3) is 5.78. The number of carbonyl (C=O) groups is 2. The summed E-state index contributed by atoms with van der Waals surface area (Å²) in [4.78, 5) is 32.2. The number of thioether (sulfide) groups is 1. The lowest BCUT2D eigenvalue weighted by Gasteiger charge is -2.32. The number of halogens is 1. The Morgan fingerprint density at radius 2 is 1.79 bits per heavy atom. The molecular formula is C25H22FN3O3S. The first-order chi connectivity index (χ1) is 16.0. The van der Waals surface area contributed by atoms with Crippen molar-refractivity contribution in [2.24, 2.45) is 4.99 Å². The molecule has 0 bridgehead atoms. The highest BCUT2D eigenvalue weighted by atomic mass is 32.2. The highest BCUT2D eigenvalue weighted by molar-refractivity contribution is 8.15. The molecule has 33 heavy (non-hydrogen) atoms. The van der Waals surface area contributed by atoms with E-state index < -0.39 is 5.25 Å². The smallest absolute Gasteiger partial charge is 0.238 e. The van der Waals surface area contributed by atoms with Gasteiger partial charge in [0.25, 0.3) is 0 Å². The molecule has 1 fully saturated rings. The Balaban J connectivity index is 1.57. The molecule has 1 heterocycles. The summed E-state index contributed by atoms with van der Waals surface area (Å²) in [7, 11) is 1.57. The summed E-state index contributed by atoms with van der Waals surface area (Å²) >= 11 is 1.22. The fourth-order valence-electron chi connectivity index (χ4n) is 3.29. The van der Waals surface area contributed by atoms with Gasteiger partial charge in [-0.25, -0.2) is 9.38 Å². The van der Waals surface area contributed by atoms with Crippen molar-refractivity contribution in [2.45, 2.75) is 18.2 Å². The van der Waals surface area contributed by atoms with Gasteiger partial charge in [0.2, 0.25) is 11.8 Å². The lowest BCUT2D eigenvalue weighted by Crippen LogP contribution is -2.44. The first kappa shape index (κ1) is 22.5. The van der Waals surface area contributed by atoms with Crippen LogP contribution in [-0.4, -0.2) is 34.2 Å². The molecular weight excluding hydrogens is 441 g/mol. The molecule has 168 valence electrons. The number of rotatable bonds is 6. The van der Waals surface area contributed by atoms with Crippen molar-refractivity contribution in [3.8, 4) is 5.75 Å². The minimum absolute atomic E-state index is 0.0436. The molecule has 3 aromatic carbocycles. The zero-order valence-electron chi connectivity index (χ0n) is 17.9. The maximum absolute atomic E-state index is 13.3. The van der Waals surface area contributed by atoms with E-state index in [0.29, 0.717) is 28.8 Å². The summed E-state index contributed by atoms with van der Waals surface area (Å²) in [5.41, 5.74) is 2.05. The number of hydrogen-bond donors (Lipinski definition) is 1. The number of nitrogens with one attached hydrogen (secondary N) is 1. The number of nitrogens with zero attached hydrogens (tertiary/aromatic N) is 2. The maximum atomic E-state index is 13.3. The van der Waals surface area contributed by atoms with Crippen molar-refractivity contribution in [2.75, 3.05) is 12.4 Å². The van der Waals surface area contributed by atoms with Gasteiger partial charge >= 0.3 is 0 Å². The van der Waals surface area contributed by atoms with E-state index in [1.54, 1.807) is 36.3 Å². The topological polar surface area (TPSA) is 71.0 Å². The standard InChI is InChI=1S/C25H22FN3O3S/c1-32-21-13-11-19(12-14-21)27-24(31)22-15-23(30)29(16-17-5-3-2-4-6-17)25(33-22)28-20-9-7-18(26)8-10-20/h2-14,22H,15-16H2,1H3,(H,27,31)/t22-/m1/s1. The fraction of sp³-hybridized carbons (Fsp3) is 0.160. The van der Waals surface area contributed by atoms with Gasteiger partial charge in [0, 0.05) is 12.1 Å². The number of amides is 2. The molecule has 1 saturated heterocycles. The molecule has 1 N–H and O–H groups in total. The van der Waals surface area contributed by atoms with E-state index in [1.807, 2.05) is 30.3 Å². The predicted molar refractivity (Wildman–Crippen MR) is 128 cm³/mol. The van der Waals surface area contributed by atoms with Gasteiger partial charge in [0.05, 0.1) is 19.3 Å². The highest BCUT2D eigenvalue weighted by Gasteiger charge is 2.36. The van der Waals surface area contributed by atoms with Crippen molar-refractivity contribution in [3.63, 3.8) is 0 Å². The van der Waals surface area contributed by atoms with Crippen LogP contribution in [0.5, 0.6) is 5.75 Å². The Morgan fingerprint density at radius 1 is 1.09 bits per heavy atom. The number of ether oxygens (including phenoxy) is 1. The van der Waals surface area contributed by atoms with E-state index in [2.05, 4.69) is 10.3 Å². The van der Waals surface area contributed by atoms with Gasteiger partial charge in [-0.05, 0) is 54.1 Å². The fourth-order valence-corrected chi connectivity index (χ4v) is 4.38. The zero-order valence-corrected chi connectivity index (χ0v) is 18.7. The quantitative estimate of drug-likeness (QED) is 0.559. The summed E-state index contributed by atoms with van der Waals surface area (Å²) in [6.45, 7) is 0.333. The molecule has 3 aromatic rings. The lowest BCUT2D eigenvalue weighted by atomic mass is 10.2. The molecule has 0 saturated carbocycles. The molecule has 2 amide bonds. The first-order valence-electron chi connectivity index (χ1n) is 10.3. The molecule has 0 aromatic heterocycles. The predicted octanol–water partition coefficient (Wildman–Crippen LogP) is 4.99. The van der Waals surface area contributed by atoms with Crippen LogP contribution < -0.4 is 10.1 Å². The van der Waals surface area contributed by atoms with Crippen molar-refractivity contribution >= 4 is 40.1 Å². The van der Waals surface area contributed by atoms with E-state index in [0.717, 1.165) is 5.56 Å². The van der Waals surface area contributed by atoms with E-state index in [4.69, 9.17) is 4.74 Å². The highest BCUT2D eigenvalue weighted by Crippen LogP contribution is 2.31. The van der Waals surface area contributed by atoms with Crippen LogP contribution >= 0.6 is 11.8 Å². The van der Waals surface area contributed by atoms with Gasteiger partial charge in [0.15, 0.2) is 5.17 Å². The number of carbonyl (C=O) groups excluding carboxylic acids is 2. The third-order valence-corrected chi connectivity index (χ3v) is 6.21. The van der Waals surface area contributed by atoms with E-state index in [1.165, 1.54) is 36.0 Å². The number of amidine groups is 1. The number of aliphatic imine (C=N–C) groups is 1.